The van der Waals surface area contributed by atoms with Crippen molar-refractivity contribution in [1.82, 2.24) is 5.32 Å². The minimum absolute atomic E-state index is 0.174. The first kappa shape index (κ1) is 15.7. The van der Waals surface area contributed by atoms with Gasteiger partial charge in [0.25, 0.3) is 0 Å². The van der Waals surface area contributed by atoms with Gasteiger partial charge in [0, 0.05) is 19.0 Å². The number of hydrogen-bond acceptors (Lipinski definition) is 3. The van der Waals surface area contributed by atoms with Crippen molar-refractivity contribution in [2.45, 2.75) is 12.8 Å². The van der Waals surface area contributed by atoms with Gasteiger partial charge in [-0.05, 0) is 12.0 Å². The van der Waals surface area contributed by atoms with Gasteiger partial charge in [0.15, 0.2) is 0 Å². The van der Waals surface area contributed by atoms with E-state index in [1.54, 1.807) is 6.08 Å². The van der Waals surface area contributed by atoms with Crippen LogP contribution in [0.4, 0.5) is 0 Å². The number of benzene rings is 1. The largest absolute Gasteiger partial charge is 0.469 e. The predicted molar refractivity (Wildman–Crippen MR) is 78.9 cm³/mol. The highest BCUT2D eigenvalue weighted by molar-refractivity contribution is 5.87. The van der Waals surface area contributed by atoms with Crippen molar-refractivity contribution in [3.8, 4) is 0 Å². The average molecular weight is 273 g/mol. The molecule has 1 N–H and O–H groups in total. The van der Waals surface area contributed by atoms with Gasteiger partial charge in [-0.3, -0.25) is 9.59 Å². The van der Waals surface area contributed by atoms with Crippen LogP contribution in [0.1, 0.15) is 18.4 Å². The number of allylic oxidation sites excluding steroid dienone is 2. The number of hydrogen-bond donors (Lipinski definition) is 1. The molecule has 0 radical (unpaired) electrons. The smallest absolute Gasteiger partial charge is 0.305 e. The van der Waals surface area contributed by atoms with Crippen LogP contribution in [0.25, 0.3) is 6.08 Å². The molecule has 0 spiro atoms. The van der Waals surface area contributed by atoms with Crippen LogP contribution < -0.4 is 5.32 Å². The molecule has 4 heteroatoms. The monoisotopic (exact) mass is 273 g/mol. The molecule has 1 rings (SSSR count). The van der Waals surface area contributed by atoms with Crippen LogP contribution in [0.3, 0.4) is 0 Å². The second-order valence-electron chi connectivity index (χ2n) is 4.10. The minimum atomic E-state index is -0.263. The van der Waals surface area contributed by atoms with Gasteiger partial charge in [-0.15, -0.1) is 0 Å². The van der Waals surface area contributed by atoms with E-state index in [0.717, 1.165) is 5.56 Å². The Morgan fingerprint density at radius 3 is 2.65 bits per heavy atom. The van der Waals surface area contributed by atoms with E-state index in [9.17, 15) is 9.59 Å². The summed E-state index contributed by atoms with van der Waals surface area (Å²) < 4.78 is 4.50. The molecular formula is C16H19NO3. The molecule has 1 aromatic rings. The molecule has 0 aliphatic heterocycles. The summed E-state index contributed by atoms with van der Waals surface area (Å²) >= 11 is 0. The van der Waals surface area contributed by atoms with E-state index in [-0.39, 0.29) is 11.9 Å². The van der Waals surface area contributed by atoms with Crippen LogP contribution >= 0.6 is 0 Å². The fraction of sp³-hybridized carbons (Fsp3) is 0.250. The molecule has 0 fully saturated rings. The van der Waals surface area contributed by atoms with E-state index in [0.29, 0.717) is 19.4 Å². The lowest BCUT2D eigenvalue weighted by Gasteiger charge is -2.00. The zero-order valence-electron chi connectivity index (χ0n) is 11.5. The number of nitrogens with one attached hydrogen (secondary N) is 1. The van der Waals surface area contributed by atoms with E-state index >= 15 is 0 Å². The number of amides is 1. The van der Waals surface area contributed by atoms with Crippen molar-refractivity contribution in [2.75, 3.05) is 13.7 Å². The number of rotatable bonds is 7. The molecule has 4 nitrogen and oxygen atoms in total. The summed E-state index contributed by atoms with van der Waals surface area (Å²) in [6.45, 7) is 0.459. The van der Waals surface area contributed by atoms with Crippen molar-refractivity contribution < 1.29 is 14.3 Å². The lowest BCUT2D eigenvalue weighted by Crippen LogP contribution is -2.22. The maximum absolute atomic E-state index is 11.4. The second-order valence-corrected chi connectivity index (χ2v) is 4.10. The van der Waals surface area contributed by atoms with E-state index < -0.39 is 0 Å². The van der Waals surface area contributed by atoms with Crippen LogP contribution in [-0.2, 0) is 14.3 Å². The van der Waals surface area contributed by atoms with Gasteiger partial charge in [-0.25, -0.2) is 0 Å². The molecular weight excluding hydrogens is 254 g/mol. The zero-order chi connectivity index (χ0) is 14.6. The number of esters is 1. The third-order valence-electron chi connectivity index (χ3n) is 2.53. The van der Waals surface area contributed by atoms with Crippen LogP contribution in [0.5, 0.6) is 0 Å². The molecule has 1 amide bonds. The number of methoxy groups -OCH3 is 1. The van der Waals surface area contributed by atoms with Crippen LogP contribution in [-0.4, -0.2) is 25.5 Å². The number of carbonyl (C=O) groups is 2. The summed E-state index contributed by atoms with van der Waals surface area (Å²) in [5.41, 5.74) is 1.08. The van der Waals surface area contributed by atoms with Gasteiger partial charge < -0.3 is 10.1 Å². The van der Waals surface area contributed by atoms with Gasteiger partial charge in [-0.1, -0.05) is 48.6 Å². The third kappa shape index (κ3) is 7.16. The average Bonchev–Trinajstić information content (AvgIpc) is 2.49. The molecule has 106 valence electrons. The molecule has 0 aliphatic carbocycles. The Morgan fingerprint density at radius 2 is 1.95 bits per heavy atom. The zero-order valence-corrected chi connectivity index (χ0v) is 11.5. The van der Waals surface area contributed by atoms with E-state index in [2.05, 4.69) is 10.1 Å². The highest BCUT2D eigenvalue weighted by atomic mass is 16.5. The molecule has 0 aliphatic rings. The Labute approximate surface area is 119 Å². The number of ether oxygens (including phenoxy) is 1. The molecule has 0 aromatic heterocycles. The topological polar surface area (TPSA) is 55.4 Å². The highest BCUT2D eigenvalue weighted by Crippen LogP contribution is 2.00. The number of carbonyl (C=O) groups excluding carboxylic acids is 2. The Kier molecular flexibility index (Phi) is 7.50. The van der Waals surface area contributed by atoms with E-state index in [1.165, 1.54) is 13.2 Å². The fourth-order valence-corrected chi connectivity index (χ4v) is 1.48. The Morgan fingerprint density at radius 1 is 1.20 bits per heavy atom. The van der Waals surface area contributed by atoms with Crippen molar-refractivity contribution in [1.29, 1.82) is 0 Å². The van der Waals surface area contributed by atoms with E-state index in [4.69, 9.17) is 0 Å². The van der Waals surface area contributed by atoms with Crippen molar-refractivity contribution in [2.24, 2.45) is 0 Å². The van der Waals surface area contributed by atoms with Crippen LogP contribution in [0.15, 0.2) is 48.6 Å². The molecule has 0 atom stereocenters. The fourth-order valence-electron chi connectivity index (χ4n) is 1.48. The minimum Gasteiger partial charge on any atom is -0.469 e. The third-order valence-corrected chi connectivity index (χ3v) is 2.53. The van der Waals surface area contributed by atoms with Crippen LogP contribution in [0.2, 0.25) is 0 Å². The SMILES string of the molecule is COC(=O)CCCNC(=O)/C=C/C=C/c1ccccc1. The lowest BCUT2D eigenvalue weighted by atomic mass is 10.2. The summed E-state index contributed by atoms with van der Waals surface area (Å²) in [5.74, 6) is -0.437. The first-order chi connectivity index (χ1) is 9.72. The summed E-state index contributed by atoms with van der Waals surface area (Å²) in [5, 5.41) is 2.69. The first-order valence-electron chi connectivity index (χ1n) is 6.47. The van der Waals surface area contributed by atoms with Gasteiger partial charge in [-0.2, -0.15) is 0 Å². The van der Waals surface area contributed by atoms with Gasteiger partial charge in [0.05, 0.1) is 7.11 Å². The Hall–Kier alpha value is -2.36. The standard InChI is InChI=1S/C16H19NO3/c1-20-16(19)12-7-13-17-15(18)11-6-5-10-14-8-3-2-4-9-14/h2-6,8-11H,7,12-13H2,1H3,(H,17,18)/b10-5+,11-6+. The molecule has 0 unspecified atom stereocenters. The quantitative estimate of drug-likeness (QED) is 0.359. The van der Waals surface area contributed by atoms with Crippen molar-refractivity contribution in [3.05, 3.63) is 54.1 Å². The van der Waals surface area contributed by atoms with E-state index in [1.807, 2.05) is 42.5 Å². The summed E-state index contributed by atoms with van der Waals surface area (Å²) in [6, 6.07) is 9.83. The molecule has 0 saturated heterocycles. The van der Waals surface area contributed by atoms with Gasteiger partial charge >= 0.3 is 5.97 Å². The Bertz CT molecular complexity index is 478. The molecule has 0 bridgehead atoms. The summed E-state index contributed by atoms with van der Waals surface area (Å²) in [4.78, 5) is 22.3. The summed E-state index contributed by atoms with van der Waals surface area (Å²) in [6.07, 6.45) is 7.76. The van der Waals surface area contributed by atoms with Gasteiger partial charge in [0.2, 0.25) is 5.91 Å². The summed E-state index contributed by atoms with van der Waals surface area (Å²) in [7, 11) is 1.35. The molecule has 0 heterocycles. The molecule has 0 saturated carbocycles. The normalized spacial score (nSPS) is 10.8. The maximum Gasteiger partial charge on any atom is 0.305 e. The molecule has 20 heavy (non-hydrogen) atoms. The highest BCUT2D eigenvalue weighted by Gasteiger charge is 1.99. The lowest BCUT2D eigenvalue weighted by molar-refractivity contribution is -0.140. The first-order valence-corrected chi connectivity index (χ1v) is 6.47. The molecule has 1 aromatic carbocycles. The van der Waals surface area contributed by atoms with Crippen molar-refractivity contribution >= 4 is 18.0 Å². The maximum atomic E-state index is 11.4. The Balaban J connectivity index is 2.20. The van der Waals surface area contributed by atoms with Crippen molar-refractivity contribution in [3.63, 3.8) is 0 Å². The second kappa shape index (κ2) is 9.55. The predicted octanol–water partition coefficient (Wildman–Crippen LogP) is 2.33. The van der Waals surface area contributed by atoms with Crippen LogP contribution in [0, 0.1) is 0 Å². The van der Waals surface area contributed by atoms with Gasteiger partial charge in [0.1, 0.15) is 0 Å².